The summed E-state index contributed by atoms with van der Waals surface area (Å²) in [5, 5.41) is 0. The number of halogens is 1. The number of likely N-dealkylation sites (N-methyl/N-ethyl adjacent to an activating group) is 2. The molecule has 0 saturated carbocycles. The first-order chi connectivity index (χ1) is 14.9. The smallest absolute Gasteiger partial charge is 0.397 e. The van der Waals surface area contributed by atoms with Crippen LogP contribution in [-0.4, -0.2) is 71.3 Å². The van der Waals surface area contributed by atoms with Gasteiger partial charge in [0.05, 0.1) is 6.54 Å². The number of rotatable bonds is 4. The maximum atomic E-state index is 13.1. The first kappa shape index (κ1) is 19.2. The lowest BCUT2D eigenvalue weighted by molar-refractivity contribution is -0.525. The van der Waals surface area contributed by atoms with Gasteiger partial charge in [0.1, 0.15) is 30.4 Å². The Morgan fingerprint density at radius 1 is 1.13 bits per heavy atom. The van der Waals surface area contributed by atoms with Crippen molar-refractivity contribution < 1.29 is 23.3 Å². The zero-order chi connectivity index (χ0) is 21.7. The summed E-state index contributed by atoms with van der Waals surface area (Å²) in [4.78, 5) is 34.2. The number of benzene rings is 2. The summed E-state index contributed by atoms with van der Waals surface area (Å²) in [6.45, 7) is 1.61. The van der Waals surface area contributed by atoms with Gasteiger partial charge in [-0.2, -0.15) is 0 Å². The largest absolute Gasteiger partial charge is 0.489 e. The topological polar surface area (TPSA) is 68.5 Å². The number of nitrogens with zero attached hydrogens (tertiary/aromatic N) is 5. The van der Waals surface area contributed by atoms with Gasteiger partial charge in [-0.3, -0.25) is 14.6 Å². The van der Waals surface area contributed by atoms with Gasteiger partial charge in [0.2, 0.25) is 11.9 Å². The minimum absolute atomic E-state index is 0.268. The van der Waals surface area contributed by atoms with E-state index in [-0.39, 0.29) is 17.8 Å². The molecule has 3 amide bonds. The molecule has 0 aromatic heterocycles. The van der Waals surface area contributed by atoms with Crippen LogP contribution in [0.5, 0.6) is 5.75 Å². The number of carbonyl (C=O) groups is 2. The first-order valence-electron chi connectivity index (χ1n) is 9.96. The molecular weight excluding hydrogens is 401 g/mol. The van der Waals surface area contributed by atoms with Gasteiger partial charge in [0.25, 0.3) is 5.91 Å². The number of hydrogen-bond donors (Lipinski definition) is 0. The van der Waals surface area contributed by atoms with Crippen LogP contribution in [0.15, 0.2) is 53.5 Å². The zero-order valence-electron chi connectivity index (χ0n) is 17.2. The van der Waals surface area contributed by atoms with E-state index in [0.717, 1.165) is 16.2 Å². The molecule has 2 aromatic rings. The predicted molar refractivity (Wildman–Crippen MR) is 112 cm³/mol. The van der Waals surface area contributed by atoms with Crippen LogP contribution in [0, 0.1) is 5.82 Å². The summed E-state index contributed by atoms with van der Waals surface area (Å²) < 4.78 is 20.9. The second-order valence-corrected chi connectivity index (χ2v) is 7.67. The van der Waals surface area contributed by atoms with E-state index in [9.17, 15) is 14.0 Å². The lowest BCUT2D eigenvalue weighted by atomic mass is 10.1. The molecule has 3 aliphatic heterocycles. The second-order valence-electron chi connectivity index (χ2n) is 7.67. The molecule has 5 rings (SSSR count). The van der Waals surface area contributed by atoms with Crippen molar-refractivity contribution in [3.63, 3.8) is 0 Å². The van der Waals surface area contributed by atoms with Crippen LogP contribution in [0.4, 0.5) is 14.9 Å². The van der Waals surface area contributed by atoms with Crippen molar-refractivity contribution in [1.82, 2.24) is 9.80 Å². The molecule has 1 atom stereocenters. The lowest BCUT2D eigenvalue weighted by Crippen LogP contribution is -2.61. The van der Waals surface area contributed by atoms with Crippen molar-refractivity contribution in [1.29, 1.82) is 0 Å². The molecular formula is C22H21FN5O3+. The van der Waals surface area contributed by atoms with Crippen LogP contribution in [-0.2, 0) is 11.4 Å². The second kappa shape index (κ2) is 7.19. The lowest BCUT2D eigenvalue weighted by Gasteiger charge is -2.31. The van der Waals surface area contributed by atoms with Crippen molar-refractivity contribution in [3.05, 3.63) is 59.9 Å². The van der Waals surface area contributed by atoms with Gasteiger partial charge in [0.15, 0.2) is 0 Å². The third kappa shape index (κ3) is 3.13. The molecule has 0 spiro atoms. The SMILES string of the molecule is CN1C(=O)C2C(=NC3=[N+]2CCN3c2cccc(OCc3ccc(F)cc3)c2)N(C)C1=O. The first-order valence-corrected chi connectivity index (χ1v) is 9.96. The van der Waals surface area contributed by atoms with Gasteiger partial charge in [-0.25, -0.2) is 18.7 Å². The number of ether oxygens (including phenoxy) is 1. The Bertz CT molecular complexity index is 1140. The Kier molecular flexibility index (Phi) is 4.46. The number of imide groups is 1. The molecule has 0 aliphatic carbocycles. The minimum Gasteiger partial charge on any atom is -0.489 e. The molecule has 1 unspecified atom stereocenters. The van der Waals surface area contributed by atoms with Gasteiger partial charge < -0.3 is 4.74 Å². The van der Waals surface area contributed by atoms with E-state index in [1.807, 2.05) is 33.7 Å². The number of aliphatic imine (C=N–C) groups is 1. The van der Waals surface area contributed by atoms with Gasteiger partial charge in [-0.05, 0) is 29.8 Å². The van der Waals surface area contributed by atoms with Gasteiger partial charge in [-0.1, -0.05) is 23.2 Å². The number of hydrogen-bond acceptors (Lipinski definition) is 5. The van der Waals surface area contributed by atoms with Gasteiger partial charge in [-0.15, -0.1) is 0 Å². The fraction of sp³-hybridized carbons (Fsp3) is 0.273. The molecule has 1 fully saturated rings. The number of fused-ring (bicyclic) bond motifs is 2. The molecule has 9 heteroatoms. The maximum absolute atomic E-state index is 13.1. The zero-order valence-corrected chi connectivity index (χ0v) is 17.2. The van der Waals surface area contributed by atoms with Gasteiger partial charge >= 0.3 is 12.0 Å². The van der Waals surface area contributed by atoms with Crippen molar-refractivity contribution in [3.8, 4) is 5.75 Å². The highest BCUT2D eigenvalue weighted by atomic mass is 19.1. The van der Waals surface area contributed by atoms with Crippen LogP contribution in [0.3, 0.4) is 0 Å². The summed E-state index contributed by atoms with van der Waals surface area (Å²) in [5.74, 6) is 1.23. The summed E-state index contributed by atoms with van der Waals surface area (Å²) >= 11 is 0. The molecule has 3 heterocycles. The fourth-order valence-corrected chi connectivity index (χ4v) is 4.07. The molecule has 0 bridgehead atoms. The highest BCUT2D eigenvalue weighted by Gasteiger charge is 2.54. The number of guanidine groups is 1. The van der Waals surface area contributed by atoms with Gasteiger partial charge in [0, 0.05) is 20.2 Å². The Balaban J connectivity index is 1.39. The fourth-order valence-electron chi connectivity index (χ4n) is 4.07. The van der Waals surface area contributed by atoms with E-state index in [2.05, 4.69) is 4.99 Å². The van der Waals surface area contributed by atoms with Crippen molar-refractivity contribution in [2.45, 2.75) is 12.6 Å². The molecule has 1 saturated heterocycles. The highest BCUT2D eigenvalue weighted by Crippen LogP contribution is 2.28. The Hall–Kier alpha value is -3.75. The van der Waals surface area contributed by atoms with E-state index in [4.69, 9.17) is 4.74 Å². The number of urea groups is 1. The van der Waals surface area contributed by atoms with E-state index < -0.39 is 6.04 Å². The Morgan fingerprint density at radius 3 is 2.68 bits per heavy atom. The Labute approximate surface area is 178 Å². The maximum Gasteiger partial charge on any atom is 0.397 e. The summed E-state index contributed by atoms with van der Waals surface area (Å²) in [6, 6.07) is 12.8. The van der Waals surface area contributed by atoms with E-state index in [0.29, 0.717) is 37.2 Å². The van der Waals surface area contributed by atoms with E-state index in [1.165, 1.54) is 24.1 Å². The van der Waals surface area contributed by atoms with Crippen molar-refractivity contribution >= 4 is 29.4 Å². The highest BCUT2D eigenvalue weighted by molar-refractivity contribution is 6.24. The summed E-state index contributed by atoms with van der Waals surface area (Å²) in [6.07, 6.45) is 0. The van der Waals surface area contributed by atoms with Crippen LogP contribution in [0.25, 0.3) is 0 Å². The predicted octanol–water partition coefficient (Wildman–Crippen LogP) is 1.90. The molecule has 0 N–H and O–H groups in total. The van der Waals surface area contributed by atoms with Crippen molar-refractivity contribution in [2.24, 2.45) is 4.99 Å². The van der Waals surface area contributed by atoms with Crippen LogP contribution < -0.4 is 9.64 Å². The number of carbonyl (C=O) groups excluding carboxylic acids is 2. The normalized spacial score (nSPS) is 20.3. The van der Waals surface area contributed by atoms with E-state index in [1.54, 1.807) is 19.2 Å². The Morgan fingerprint density at radius 2 is 1.90 bits per heavy atom. The number of anilines is 1. The molecule has 8 nitrogen and oxygen atoms in total. The average Bonchev–Trinajstić information content (AvgIpc) is 3.35. The average molecular weight is 422 g/mol. The molecule has 31 heavy (non-hydrogen) atoms. The number of amidine groups is 1. The standard InChI is InChI=1S/C22H21FN5O3/c1-25-19-18(20(29)26(2)22(25)30)28-11-10-27(21(28)24-19)16-4-3-5-17(12-16)31-13-14-6-8-15(23)9-7-14/h3-9,12,18H,10-11,13H2,1-2H3/q+1. The minimum atomic E-state index is -0.578. The van der Waals surface area contributed by atoms with Crippen molar-refractivity contribution in [2.75, 3.05) is 32.1 Å². The molecule has 3 aliphatic rings. The molecule has 2 aromatic carbocycles. The van der Waals surface area contributed by atoms with E-state index >= 15 is 0 Å². The third-order valence-corrected chi connectivity index (χ3v) is 5.76. The van der Waals surface area contributed by atoms with Crippen LogP contribution >= 0.6 is 0 Å². The summed E-state index contributed by atoms with van der Waals surface area (Å²) in [5.41, 5.74) is 1.75. The third-order valence-electron chi connectivity index (χ3n) is 5.76. The van der Waals surface area contributed by atoms with Crippen LogP contribution in [0.2, 0.25) is 0 Å². The quantitative estimate of drug-likeness (QED) is 0.706. The monoisotopic (exact) mass is 422 g/mol. The molecule has 158 valence electrons. The summed E-state index contributed by atoms with van der Waals surface area (Å²) in [7, 11) is 3.12. The molecule has 0 radical (unpaired) electrons. The number of amides is 3. The van der Waals surface area contributed by atoms with Crippen LogP contribution in [0.1, 0.15) is 5.56 Å².